The Labute approximate surface area is 195 Å². The molecule has 4 rings (SSSR count). The fourth-order valence-electron chi connectivity index (χ4n) is 4.81. The molecule has 2 heterocycles. The highest BCUT2D eigenvalue weighted by Crippen LogP contribution is 2.35. The SMILES string of the molecule is CC1(C)CN(C2C=C(Cl)C(C#N)CC2)C(=O)N1CCCOC1=CCC(c2cc[nH]c2)C=C1. The van der Waals surface area contributed by atoms with Crippen LogP contribution < -0.4 is 0 Å². The van der Waals surface area contributed by atoms with Gasteiger partial charge in [-0.2, -0.15) is 5.26 Å². The number of nitrogens with zero attached hydrogens (tertiary/aromatic N) is 3. The van der Waals surface area contributed by atoms with Crippen molar-refractivity contribution in [1.82, 2.24) is 14.8 Å². The molecule has 3 unspecified atom stereocenters. The van der Waals surface area contributed by atoms with E-state index in [0.29, 0.717) is 37.1 Å². The fraction of sp³-hybridized carbons (Fsp3) is 0.520. The zero-order valence-electron chi connectivity index (χ0n) is 18.8. The van der Waals surface area contributed by atoms with Crippen molar-refractivity contribution in [2.75, 3.05) is 19.7 Å². The Morgan fingerprint density at radius 2 is 2.22 bits per heavy atom. The van der Waals surface area contributed by atoms with Crippen LogP contribution >= 0.6 is 11.6 Å². The van der Waals surface area contributed by atoms with Crippen LogP contribution in [0.5, 0.6) is 0 Å². The number of rotatable bonds is 7. The van der Waals surface area contributed by atoms with Gasteiger partial charge >= 0.3 is 6.03 Å². The molecule has 1 aromatic rings. The third kappa shape index (κ3) is 4.73. The maximum Gasteiger partial charge on any atom is 0.321 e. The summed E-state index contributed by atoms with van der Waals surface area (Å²) in [6.45, 7) is 6.08. The van der Waals surface area contributed by atoms with E-state index in [1.807, 2.05) is 34.3 Å². The number of hydrogen-bond donors (Lipinski definition) is 1. The summed E-state index contributed by atoms with van der Waals surface area (Å²) in [5.74, 6) is 1.06. The molecule has 2 aliphatic carbocycles. The number of halogens is 1. The summed E-state index contributed by atoms with van der Waals surface area (Å²) < 4.78 is 5.95. The van der Waals surface area contributed by atoms with Crippen molar-refractivity contribution >= 4 is 17.6 Å². The fourth-order valence-corrected chi connectivity index (χ4v) is 5.11. The first-order valence-corrected chi connectivity index (χ1v) is 11.8. The number of nitrogens with one attached hydrogen (secondary N) is 1. The van der Waals surface area contributed by atoms with Crippen molar-refractivity contribution in [2.24, 2.45) is 5.92 Å². The number of aromatic amines is 1. The number of amides is 2. The quantitative estimate of drug-likeness (QED) is 0.569. The highest BCUT2D eigenvalue weighted by Gasteiger charge is 2.45. The smallest absolute Gasteiger partial charge is 0.321 e. The van der Waals surface area contributed by atoms with Gasteiger partial charge in [0.2, 0.25) is 0 Å². The van der Waals surface area contributed by atoms with Gasteiger partial charge in [-0.05, 0) is 69.4 Å². The predicted octanol–water partition coefficient (Wildman–Crippen LogP) is 5.29. The van der Waals surface area contributed by atoms with E-state index in [1.165, 1.54) is 5.56 Å². The van der Waals surface area contributed by atoms with E-state index < -0.39 is 0 Å². The molecular weight excluding hydrogens is 424 g/mol. The molecule has 3 atom stereocenters. The standard InChI is InChI=1S/C25H31ClN4O2/c1-25(2)17-29(21-7-4-19(15-27)23(26)14-21)24(31)30(25)12-3-13-32-22-8-5-18(6-9-22)20-10-11-28-16-20/h5,8-11,14,16,18-19,21,28H,3-4,6-7,12-13,17H2,1-2H3. The van der Waals surface area contributed by atoms with Crippen LogP contribution in [0.15, 0.2) is 53.6 Å². The molecule has 1 aromatic heterocycles. The van der Waals surface area contributed by atoms with Gasteiger partial charge in [0.1, 0.15) is 5.76 Å². The average Bonchev–Trinajstić information content (AvgIpc) is 3.39. The maximum absolute atomic E-state index is 13.2. The number of allylic oxidation sites excluding steroid dienone is 4. The van der Waals surface area contributed by atoms with Crippen LogP contribution in [-0.4, -0.2) is 52.1 Å². The summed E-state index contributed by atoms with van der Waals surface area (Å²) in [6, 6.07) is 4.34. The van der Waals surface area contributed by atoms with Crippen LogP contribution in [0.25, 0.3) is 0 Å². The van der Waals surface area contributed by atoms with Gasteiger partial charge in [0.15, 0.2) is 0 Å². The third-order valence-electron chi connectivity index (χ3n) is 6.67. The Hall–Kier alpha value is -2.65. The molecule has 7 heteroatoms. The van der Waals surface area contributed by atoms with Crippen molar-refractivity contribution in [1.29, 1.82) is 5.26 Å². The highest BCUT2D eigenvalue weighted by molar-refractivity contribution is 6.30. The molecule has 0 spiro atoms. The Morgan fingerprint density at radius 3 is 2.88 bits per heavy atom. The normalized spacial score (nSPS) is 27.2. The second-order valence-corrected chi connectivity index (χ2v) is 9.84. The van der Waals surface area contributed by atoms with E-state index in [-0.39, 0.29) is 23.5 Å². The second-order valence-electron chi connectivity index (χ2n) is 9.41. The van der Waals surface area contributed by atoms with Gasteiger partial charge in [-0.3, -0.25) is 0 Å². The molecule has 0 radical (unpaired) electrons. The predicted molar refractivity (Wildman–Crippen MR) is 125 cm³/mol. The van der Waals surface area contributed by atoms with Crippen molar-refractivity contribution in [3.05, 3.63) is 59.1 Å². The molecular formula is C25H31ClN4O2. The third-order valence-corrected chi connectivity index (χ3v) is 7.06. The minimum absolute atomic E-state index is 0.0365. The number of carbonyl (C=O) groups is 1. The van der Waals surface area contributed by atoms with E-state index in [0.717, 1.165) is 25.0 Å². The Balaban J connectivity index is 1.26. The van der Waals surface area contributed by atoms with Crippen LogP contribution in [0.2, 0.25) is 0 Å². The molecule has 1 aliphatic heterocycles. The number of H-pyrrole nitrogens is 1. The topological polar surface area (TPSA) is 72.4 Å². The molecule has 0 aromatic carbocycles. The summed E-state index contributed by atoms with van der Waals surface area (Å²) >= 11 is 6.28. The number of aromatic nitrogens is 1. The summed E-state index contributed by atoms with van der Waals surface area (Å²) in [5, 5.41) is 9.74. The highest BCUT2D eigenvalue weighted by atomic mass is 35.5. The lowest BCUT2D eigenvalue weighted by Gasteiger charge is -2.29. The van der Waals surface area contributed by atoms with E-state index >= 15 is 0 Å². The van der Waals surface area contributed by atoms with Gasteiger partial charge in [0, 0.05) is 36.4 Å². The average molecular weight is 455 g/mol. The molecule has 170 valence electrons. The number of nitriles is 1. The van der Waals surface area contributed by atoms with Crippen LogP contribution in [0.4, 0.5) is 4.79 Å². The molecule has 1 N–H and O–H groups in total. The van der Waals surface area contributed by atoms with Crippen molar-refractivity contribution < 1.29 is 9.53 Å². The first kappa shape index (κ1) is 22.5. The number of urea groups is 1. The molecule has 0 bridgehead atoms. The molecule has 32 heavy (non-hydrogen) atoms. The molecule has 1 fully saturated rings. The van der Waals surface area contributed by atoms with Gasteiger partial charge in [0.25, 0.3) is 0 Å². The van der Waals surface area contributed by atoms with Crippen LogP contribution in [-0.2, 0) is 4.74 Å². The molecule has 2 amide bonds. The molecule has 3 aliphatic rings. The van der Waals surface area contributed by atoms with E-state index in [1.54, 1.807) is 0 Å². The van der Waals surface area contributed by atoms with Crippen molar-refractivity contribution in [3.63, 3.8) is 0 Å². The summed E-state index contributed by atoms with van der Waals surface area (Å²) in [5.41, 5.74) is 1.03. The first-order chi connectivity index (χ1) is 15.4. The Kier molecular flexibility index (Phi) is 6.66. The van der Waals surface area contributed by atoms with E-state index in [4.69, 9.17) is 16.3 Å². The summed E-state index contributed by atoms with van der Waals surface area (Å²) in [7, 11) is 0. The minimum Gasteiger partial charge on any atom is -0.494 e. The zero-order chi connectivity index (χ0) is 22.7. The second kappa shape index (κ2) is 9.46. The van der Waals surface area contributed by atoms with Gasteiger partial charge in [0.05, 0.1) is 30.2 Å². The van der Waals surface area contributed by atoms with Gasteiger partial charge in [-0.15, -0.1) is 0 Å². The molecule has 6 nitrogen and oxygen atoms in total. The Bertz CT molecular complexity index is 957. The van der Waals surface area contributed by atoms with Crippen LogP contribution in [0.3, 0.4) is 0 Å². The lowest BCUT2D eigenvalue weighted by molar-refractivity contribution is 0.152. The lowest BCUT2D eigenvalue weighted by Crippen LogP contribution is -2.43. The number of ether oxygens (including phenoxy) is 1. The van der Waals surface area contributed by atoms with Crippen molar-refractivity contribution in [3.8, 4) is 6.07 Å². The first-order valence-electron chi connectivity index (χ1n) is 11.4. The lowest BCUT2D eigenvalue weighted by atomic mass is 9.92. The monoisotopic (exact) mass is 454 g/mol. The number of hydrogen-bond acceptors (Lipinski definition) is 3. The van der Waals surface area contributed by atoms with Gasteiger partial charge in [-0.25, -0.2) is 4.79 Å². The summed E-state index contributed by atoms with van der Waals surface area (Å²) in [4.78, 5) is 20.1. The molecule has 1 saturated heterocycles. The molecule has 0 saturated carbocycles. The van der Waals surface area contributed by atoms with E-state index in [2.05, 4.69) is 43.1 Å². The zero-order valence-corrected chi connectivity index (χ0v) is 19.5. The van der Waals surface area contributed by atoms with Crippen molar-refractivity contribution in [2.45, 2.75) is 57.0 Å². The van der Waals surface area contributed by atoms with E-state index in [9.17, 15) is 10.1 Å². The largest absolute Gasteiger partial charge is 0.494 e. The minimum atomic E-state index is -0.253. The summed E-state index contributed by atoms with van der Waals surface area (Å²) in [6.07, 6.45) is 15.4. The Morgan fingerprint density at radius 1 is 1.38 bits per heavy atom. The number of carbonyl (C=O) groups excluding carboxylic acids is 1. The maximum atomic E-state index is 13.2. The van der Waals surface area contributed by atoms with Gasteiger partial charge < -0.3 is 19.5 Å². The van der Waals surface area contributed by atoms with Crippen LogP contribution in [0, 0.1) is 17.2 Å². The van der Waals surface area contributed by atoms with Gasteiger partial charge in [-0.1, -0.05) is 17.7 Å². The van der Waals surface area contributed by atoms with Crippen LogP contribution in [0.1, 0.15) is 51.0 Å².